The third-order valence-corrected chi connectivity index (χ3v) is 3.72. The molecule has 2 aromatic rings. The molecule has 0 aliphatic rings. The number of rotatable bonds is 4. The summed E-state index contributed by atoms with van der Waals surface area (Å²) in [5, 5.41) is 0. The van der Waals surface area contributed by atoms with Crippen LogP contribution in [0, 0.1) is 0 Å². The Bertz CT molecular complexity index is 709. The minimum Gasteiger partial charge on any atom is -0.531 e. The van der Waals surface area contributed by atoms with Crippen molar-refractivity contribution in [1.29, 1.82) is 0 Å². The highest BCUT2D eigenvalue weighted by Gasteiger charge is 2.20. The van der Waals surface area contributed by atoms with Gasteiger partial charge in [0, 0.05) is 24.5 Å². The van der Waals surface area contributed by atoms with E-state index in [1.807, 2.05) is 32.7 Å². The fourth-order valence-electron chi connectivity index (χ4n) is 1.40. The molecule has 8 nitrogen and oxygen atoms in total. The summed E-state index contributed by atoms with van der Waals surface area (Å²) in [5.41, 5.74) is -0.855. The third-order valence-electron chi connectivity index (χ3n) is 2.10. The Balaban J connectivity index is 0. The molecule has 0 amide bonds. The minimum absolute atomic E-state index is 0.381. The second kappa shape index (κ2) is 13.9. The second-order valence-corrected chi connectivity index (χ2v) is 15.8. The van der Waals surface area contributed by atoms with Crippen LogP contribution in [0.5, 0.6) is 11.9 Å². The maximum Gasteiger partial charge on any atom is 0.325 e. The van der Waals surface area contributed by atoms with E-state index in [0.29, 0.717) is 11.9 Å². The SMILES string of the molecule is CC.CC.C[Si](C)(C)Oc1ccnc(O[Si](C)(C)C)n1.O=c1cc[nH]c(=O)[nH]1. The molecule has 160 valence electrons. The standard InChI is InChI=1S/C10H20N2O2Si2.C4H4N2O2.2C2H6/c1-15(2,3)13-9-7-8-11-10(12-9)14-16(4,5)6;7-3-1-2-5-4(8)6-3;2*1-2/h7-8H,1-6H3;1-2H,(H2,5,6,7,8);2*1-2H3. The number of hydrogen-bond acceptors (Lipinski definition) is 6. The van der Waals surface area contributed by atoms with Crippen LogP contribution in [0.4, 0.5) is 0 Å². The Kier molecular flexibility index (Phi) is 13.9. The van der Waals surface area contributed by atoms with Crippen molar-refractivity contribution >= 4 is 16.6 Å². The van der Waals surface area contributed by atoms with Gasteiger partial charge in [0.25, 0.3) is 5.56 Å². The molecule has 28 heavy (non-hydrogen) atoms. The number of aromatic amines is 2. The molecule has 2 N–H and O–H groups in total. The van der Waals surface area contributed by atoms with Crippen molar-refractivity contribution in [2.24, 2.45) is 0 Å². The van der Waals surface area contributed by atoms with E-state index < -0.39 is 22.3 Å². The van der Waals surface area contributed by atoms with E-state index in [0.717, 1.165) is 0 Å². The predicted molar refractivity (Wildman–Crippen MR) is 120 cm³/mol. The molecule has 10 heteroatoms. The van der Waals surface area contributed by atoms with Gasteiger partial charge >= 0.3 is 11.7 Å². The summed E-state index contributed by atoms with van der Waals surface area (Å²) in [7, 11) is -3.26. The molecule has 0 bridgehead atoms. The Morgan fingerprint density at radius 2 is 1.39 bits per heavy atom. The van der Waals surface area contributed by atoms with Crippen LogP contribution < -0.4 is 20.1 Å². The van der Waals surface area contributed by atoms with Crippen LogP contribution in [0.15, 0.2) is 34.1 Å². The number of aromatic nitrogens is 4. The lowest BCUT2D eigenvalue weighted by Crippen LogP contribution is -2.31. The zero-order valence-electron chi connectivity index (χ0n) is 18.8. The first-order chi connectivity index (χ1) is 12.9. The van der Waals surface area contributed by atoms with Gasteiger partial charge in [0.15, 0.2) is 0 Å². The summed E-state index contributed by atoms with van der Waals surface area (Å²) in [5.74, 6) is 0.613. The molecule has 0 aliphatic heterocycles. The topological polar surface area (TPSA) is 110 Å². The summed E-state index contributed by atoms with van der Waals surface area (Å²) in [6.45, 7) is 20.7. The quantitative estimate of drug-likeness (QED) is 0.712. The van der Waals surface area contributed by atoms with Crippen molar-refractivity contribution in [3.05, 3.63) is 45.4 Å². The summed E-state index contributed by atoms with van der Waals surface area (Å²) in [6.07, 6.45) is 2.97. The van der Waals surface area contributed by atoms with Crippen LogP contribution in [0.1, 0.15) is 27.7 Å². The predicted octanol–water partition coefficient (Wildman–Crippen LogP) is 4.02. The van der Waals surface area contributed by atoms with Gasteiger partial charge < -0.3 is 13.8 Å². The van der Waals surface area contributed by atoms with E-state index in [1.54, 1.807) is 12.3 Å². The van der Waals surface area contributed by atoms with Crippen molar-refractivity contribution in [3.8, 4) is 11.9 Å². The normalized spacial score (nSPS) is 10.1. The van der Waals surface area contributed by atoms with Crippen molar-refractivity contribution < 1.29 is 8.85 Å². The molecule has 0 radical (unpaired) electrons. The van der Waals surface area contributed by atoms with Crippen LogP contribution in [0.2, 0.25) is 39.3 Å². The van der Waals surface area contributed by atoms with Gasteiger partial charge in [0.2, 0.25) is 22.5 Å². The molecular weight excluding hydrogens is 392 g/mol. The first-order valence-corrected chi connectivity index (χ1v) is 16.3. The van der Waals surface area contributed by atoms with Gasteiger partial charge in [0.1, 0.15) is 0 Å². The number of nitrogens with one attached hydrogen (secondary N) is 2. The molecule has 0 atom stereocenters. The summed E-state index contributed by atoms with van der Waals surface area (Å²) in [6, 6.07) is 3.44. The number of H-pyrrole nitrogens is 2. The van der Waals surface area contributed by atoms with E-state index in [1.165, 1.54) is 12.3 Å². The molecule has 0 aliphatic carbocycles. The van der Waals surface area contributed by atoms with E-state index in [9.17, 15) is 9.59 Å². The van der Waals surface area contributed by atoms with Crippen LogP contribution in [0.3, 0.4) is 0 Å². The molecule has 0 fully saturated rings. The number of nitrogens with zero attached hydrogens (tertiary/aromatic N) is 2. The lowest BCUT2D eigenvalue weighted by molar-refractivity contribution is 0.476. The molecular formula is C18H36N4O4Si2. The summed E-state index contributed by atoms with van der Waals surface area (Å²) < 4.78 is 11.5. The summed E-state index contributed by atoms with van der Waals surface area (Å²) >= 11 is 0. The van der Waals surface area contributed by atoms with Crippen molar-refractivity contribution in [1.82, 2.24) is 19.9 Å². The van der Waals surface area contributed by atoms with Crippen LogP contribution >= 0.6 is 0 Å². The van der Waals surface area contributed by atoms with Gasteiger partial charge in [-0.1, -0.05) is 27.7 Å². The average Bonchev–Trinajstić information content (AvgIpc) is 2.56. The molecule has 0 aromatic carbocycles. The average molecular weight is 429 g/mol. The summed E-state index contributed by atoms with van der Waals surface area (Å²) in [4.78, 5) is 33.0. The molecule has 2 heterocycles. The minimum atomic E-state index is -1.65. The van der Waals surface area contributed by atoms with Crippen LogP contribution in [-0.2, 0) is 0 Å². The highest BCUT2D eigenvalue weighted by molar-refractivity contribution is 6.70. The highest BCUT2D eigenvalue weighted by Crippen LogP contribution is 2.17. The Morgan fingerprint density at radius 3 is 1.79 bits per heavy atom. The molecule has 0 saturated carbocycles. The van der Waals surface area contributed by atoms with Crippen LogP contribution in [-0.4, -0.2) is 36.6 Å². The maximum absolute atomic E-state index is 10.2. The molecule has 2 aromatic heterocycles. The highest BCUT2D eigenvalue weighted by atomic mass is 28.4. The van der Waals surface area contributed by atoms with E-state index in [4.69, 9.17) is 8.85 Å². The van der Waals surface area contributed by atoms with Gasteiger partial charge in [-0.05, 0) is 39.3 Å². The first kappa shape index (κ1) is 28.0. The first-order valence-electron chi connectivity index (χ1n) is 9.44. The van der Waals surface area contributed by atoms with Crippen LogP contribution in [0.25, 0.3) is 0 Å². The van der Waals surface area contributed by atoms with Gasteiger partial charge in [0.05, 0.1) is 0 Å². The smallest absolute Gasteiger partial charge is 0.325 e. The number of hydrogen-bond donors (Lipinski definition) is 2. The maximum atomic E-state index is 10.2. The fourth-order valence-corrected chi connectivity index (χ4v) is 2.79. The van der Waals surface area contributed by atoms with E-state index >= 15 is 0 Å². The lowest BCUT2D eigenvalue weighted by Gasteiger charge is -2.20. The molecule has 0 unspecified atom stereocenters. The Hall–Kier alpha value is -2.21. The van der Waals surface area contributed by atoms with Gasteiger partial charge in [-0.3, -0.25) is 9.78 Å². The largest absolute Gasteiger partial charge is 0.531 e. The van der Waals surface area contributed by atoms with E-state index in [-0.39, 0.29) is 5.56 Å². The zero-order chi connectivity index (χ0) is 22.4. The van der Waals surface area contributed by atoms with Gasteiger partial charge in [-0.25, -0.2) is 9.78 Å². The second-order valence-electron chi connectivity index (χ2n) is 6.90. The zero-order valence-corrected chi connectivity index (χ0v) is 20.8. The van der Waals surface area contributed by atoms with Crippen molar-refractivity contribution in [2.45, 2.75) is 67.0 Å². The fraction of sp³-hybridized carbons (Fsp3) is 0.556. The lowest BCUT2D eigenvalue weighted by atomic mass is 10.6. The third kappa shape index (κ3) is 16.0. The molecule has 0 saturated heterocycles. The van der Waals surface area contributed by atoms with Gasteiger partial charge in [-0.15, -0.1) is 0 Å². The molecule has 0 spiro atoms. The molecule has 2 rings (SSSR count). The Labute approximate surface area is 170 Å². The van der Waals surface area contributed by atoms with Crippen molar-refractivity contribution in [3.63, 3.8) is 0 Å². The van der Waals surface area contributed by atoms with Gasteiger partial charge in [-0.2, -0.15) is 4.98 Å². The van der Waals surface area contributed by atoms with E-state index in [2.05, 4.69) is 54.2 Å². The Morgan fingerprint density at radius 1 is 0.857 bits per heavy atom. The van der Waals surface area contributed by atoms with Crippen molar-refractivity contribution in [2.75, 3.05) is 0 Å². The monoisotopic (exact) mass is 428 g/mol.